The molecule has 1 aromatic heterocycles. The number of hydrogen-bond acceptors (Lipinski definition) is 1. The van der Waals surface area contributed by atoms with E-state index in [1.54, 1.807) is 36.4 Å². The van der Waals surface area contributed by atoms with Gasteiger partial charge in [0.05, 0.1) is 0 Å². The molecule has 0 atom stereocenters. The predicted octanol–water partition coefficient (Wildman–Crippen LogP) is 6.52. The molecule has 6 heteroatoms. The van der Waals surface area contributed by atoms with Gasteiger partial charge < -0.3 is 10.3 Å². The Morgan fingerprint density at radius 2 is 1.87 bits per heavy atom. The predicted molar refractivity (Wildman–Crippen MR) is 128 cm³/mol. The average molecular weight is 530 g/mol. The van der Waals surface area contributed by atoms with E-state index in [0.29, 0.717) is 29.7 Å². The van der Waals surface area contributed by atoms with Crippen LogP contribution in [0, 0.1) is 3.57 Å². The lowest BCUT2D eigenvalue weighted by molar-refractivity contribution is 0.0175. The van der Waals surface area contributed by atoms with Crippen LogP contribution in [0.2, 0.25) is 0 Å². The zero-order valence-electron chi connectivity index (χ0n) is 16.9. The first-order valence-electron chi connectivity index (χ1n) is 9.94. The maximum atomic E-state index is 13.8. The molecule has 31 heavy (non-hydrogen) atoms. The Kier molecular flexibility index (Phi) is 6.09. The van der Waals surface area contributed by atoms with Gasteiger partial charge in [0.2, 0.25) is 0 Å². The van der Waals surface area contributed by atoms with E-state index in [1.165, 1.54) is 12.1 Å². The normalized spacial score (nSPS) is 11.6. The second-order valence-electron chi connectivity index (χ2n) is 7.52. The maximum Gasteiger partial charge on any atom is 0.270 e. The molecule has 0 saturated heterocycles. The summed E-state index contributed by atoms with van der Waals surface area (Å²) in [5.41, 5.74) is 3.82. The number of carbonyl (C=O) groups is 1. The Labute approximate surface area is 193 Å². The van der Waals surface area contributed by atoms with Gasteiger partial charge in [0.25, 0.3) is 11.8 Å². The molecule has 0 aliphatic carbocycles. The van der Waals surface area contributed by atoms with Gasteiger partial charge in [0.15, 0.2) is 0 Å². The van der Waals surface area contributed by atoms with E-state index >= 15 is 0 Å². The van der Waals surface area contributed by atoms with Crippen LogP contribution >= 0.6 is 22.6 Å². The van der Waals surface area contributed by atoms with E-state index in [2.05, 4.69) is 39.0 Å². The third-order valence-corrected chi connectivity index (χ3v) is 5.93. The lowest BCUT2D eigenvalue weighted by atomic mass is 9.96. The third-order valence-electron chi connectivity index (χ3n) is 5.26. The van der Waals surface area contributed by atoms with Crippen molar-refractivity contribution < 1.29 is 13.6 Å². The fraction of sp³-hybridized carbons (Fsp3) is 0.160. The smallest absolute Gasteiger partial charge is 0.270 e. The SMILES string of the molecule is CC(F)(F)c1cccc(-c2ccccc2C(=O)NCCc2c[nH]c3ccc(I)cc23)c1. The number of alkyl halides is 2. The van der Waals surface area contributed by atoms with Crippen LogP contribution in [0.1, 0.15) is 28.4 Å². The van der Waals surface area contributed by atoms with Crippen LogP contribution in [-0.4, -0.2) is 17.4 Å². The topological polar surface area (TPSA) is 44.9 Å². The van der Waals surface area contributed by atoms with Gasteiger partial charge in [-0.15, -0.1) is 0 Å². The van der Waals surface area contributed by atoms with Gasteiger partial charge >= 0.3 is 0 Å². The monoisotopic (exact) mass is 530 g/mol. The molecule has 0 unspecified atom stereocenters. The van der Waals surface area contributed by atoms with Crippen molar-refractivity contribution in [2.75, 3.05) is 6.54 Å². The molecule has 0 aliphatic rings. The Hall–Kier alpha value is -2.74. The Bertz CT molecular complexity index is 1240. The van der Waals surface area contributed by atoms with E-state index in [1.807, 2.05) is 18.3 Å². The summed E-state index contributed by atoms with van der Waals surface area (Å²) in [5, 5.41) is 4.12. The number of nitrogens with one attached hydrogen (secondary N) is 2. The third kappa shape index (κ3) is 4.79. The number of benzene rings is 3. The molecule has 0 fully saturated rings. The van der Waals surface area contributed by atoms with Crippen molar-refractivity contribution in [2.24, 2.45) is 0 Å². The average Bonchev–Trinajstić information content (AvgIpc) is 3.15. The second kappa shape index (κ2) is 8.78. The number of rotatable bonds is 6. The number of halogens is 3. The summed E-state index contributed by atoms with van der Waals surface area (Å²) in [5.74, 6) is -3.16. The van der Waals surface area contributed by atoms with E-state index < -0.39 is 5.92 Å². The molecule has 0 saturated carbocycles. The molecule has 1 heterocycles. The lowest BCUT2D eigenvalue weighted by Crippen LogP contribution is -2.26. The molecular formula is C25H21F2IN2O. The molecule has 2 N–H and O–H groups in total. The van der Waals surface area contributed by atoms with Crippen LogP contribution in [0.5, 0.6) is 0 Å². The highest BCUT2D eigenvalue weighted by molar-refractivity contribution is 14.1. The van der Waals surface area contributed by atoms with Crippen LogP contribution in [0.15, 0.2) is 72.9 Å². The summed E-state index contributed by atoms with van der Waals surface area (Å²) in [6, 6.07) is 19.5. The number of amides is 1. The minimum absolute atomic E-state index is 0.0748. The van der Waals surface area contributed by atoms with Crippen LogP contribution in [0.4, 0.5) is 8.78 Å². The summed E-state index contributed by atoms with van der Waals surface area (Å²) in [6.07, 6.45) is 2.66. The molecule has 4 rings (SSSR count). The Morgan fingerprint density at radius 3 is 2.68 bits per heavy atom. The summed E-state index contributed by atoms with van der Waals surface area (Å²) in [7, 11) is 0. The molecule has 3 aromatic carbocycles. The molecule has 0 bridgehead atoms. The van der Waals surface area contributed by atoms with E-state index in [4.69, 9.17) is 0 Å². The van der Waals surface area contributed by atoms with Crippen molar-refractivity contribution in [1.82, 2.24) is 10.3 Å². The quantitative estimate of drug-likeness (QED) is 0.274. The van der Waals surface area contributed by atoms with Crippen molar-refractivity contribution in [1.29, 1.82) is 0 Å². The van der Waals surface area contributed by atoms with Crippen molar-refractivity contribution >= 4 is 39.4 Å². The number of H-pyrrole nitrogens is 1. The molecular weight excluding hydrogens is 509 g/mol. The first-order chi connectivity index (χ1) is 14.8. The van der Waals surface area contributed by atoms with Crippen molar-refractivity contribution in [2.45, 2.75) is 19.3 Å². The van der Waals surface area contributed by atoms with Gasteiger partial charge in [-0.05, 0) is 76.0 Å². The van der Waals surface area contributed by atoms with Crippen LogP contribution in [0.3, 0.4) is 0 Å². The molecule has 0 radical (unpaired) electrons. The van der Waals surface area contributed by atoms with Gasteiger partial charge in [-0.25, -0.2) is 8.78 Å². The minimum atomic E-state index is -2.94. The summed E-state index contributed by atoms with van der Waals surface area (Å²) < 4.78 is 28.7. The number of carbonyl (C=O) groups excluding carboxylic acids is 1. The van der Waals surface area contributed by atoms with Gasteiger partial charge in [0.1, 0.15) is 0 Å². The van der Waals surface area contributed by atoms with Crippen LogP contribution < -0.4 is 5.32 Å². The number of aromatic nitrogens is 1. The molecule has 0 spiro atoms. The number of aromatic amines is 1. The molecule has 0 aliphatic heterocycles. The largest absolute Gasteiger partial charge is 0.361 e. The number of hydrogen-bond donors (Lipinski definition) is 2. The van der Waals surface area contributed by atoms with Gasteiger partial charge in [-0.1, -0.05) is 36.4 Å². The first-order valence-corrected chi connectivity index (χ1v) is 11.0. The standard InChI is InChI=1S/C25H21F2IN2O/c1-25(26,27)18-6-4-5-16(13-18)20-7-2-3-8-21(20)24(31)29-12-11-17-15-30-23-10-9-19(28)14-22(17)23/h2-10,13-15,30H,11-12H2,1H3,(H,29,31). The maximum absolute atomic E-state index is 13.8. The number of fused-ring (bicyclic) bond motifs is 1. The van der Waals surface area contributed by atoms with E-state index in [0.717, 1.165) is 27.0 Å². The van der Waals surface area contributed by atoms with E-state index in [-0.39, 0.29) is 11.5 Å². The fourth-order valence-electron chi connectivity index (χ4n) is 3.66. The fourth-order valence-corrected chi connectivity index (χ4v) is 4.15. The molecule has 4 aromatic rings. The molecule has 1 amide bonds. The first kappa shape index (κ1) is 21.5. The highest BCUT2D eigenvalue weighted by Crippen LogP contribution is 2.31. The zero-order chi connectivity index (χ0) is 22.0. The molecule has 158 valence electrons. The Morgan fingerprint density at radius 1 is 1.06 bits per heavy atom. The minimum Gasteiger partial charge on any atom is -0.361 e. The van der Waals surface area contributed by atoms with Gasteiger partial charge in [-0.2, -0.15) is 0 Å². The highest BCUT2D eigenvalue weighted by Gasteiger charge is 2.24. The summed E-state index contributed by atoms with van der Waals surface area (Å²) in [4.78, 5) is 16.2. The lowest BCUT2D eigenvalue weighted by Gasteiger charge is -2.14. The molecule has 3 nitrogen and oxygen atoms in total. The van der Waals surface area contributed by atoms with Gasteiger partial charge in [-0.3, -0.25) is 4.79 Å². The summed E-state index contributed by atoms with van der Waals surface area (Å²) >= 11 is 2.28. The van der Waals surface area contributed by atoms with Crippen LogP contribution in [-0.2, 0) is 12.3 Å². The van der Waals surface area contributed by atoms with Gasteiger partial charge in [0, 0.05) is 45.3 Å². The zero-order valence-corrected chi connectivity index (χ0v) is 19.0. The van der Waals surface area contributed by atoms with Crippen molar-refractivity contribution in [3.8, 4) is 11.1 Å². The van der Waals surface area contributed by atoms with Crippen molar-refractivity contribution in [3.63, 3.8) is 0 Å². The Balaban J connectivity index is 1.51. The second-order valence-corrected chi connectivity index (χ2v) is 8.77. The highest BCUT2D eigenvalue weighted by atomic mass is 127. The van der Waals surface area contributed by atoms with Crippen LogP contribution in [0.25, 0.3) is 22.0 Å². The van der Waals surface area contributed by atoms with Crippen molar-refractivity contribution in [3.05, 3.63) is 93.2 Å². The van der Waals surface area contributed by atoms with E-state index in [9.17, 15) is 13.6 Å². The summed E-state index contributed by atoms with van der Waals surface area (Å²) in [6.45, 7) is 1.34.